The molecule has 1 atom stereocenters. The molecule has 2 rings (SSSR count). The Morgan fingerprint density at radius 1 is 1.53 bits per heavy atom. The van der Waals surface area contributed by atoms with Crippen LogP contribution in [-0.2, 0) is 11.3 Å². The smallest absolute Gasteiger partial charge is 0.128 e. The maximum Gasteiger partial charge on any atom is 0.128 e. The van der Waals surface area contributed by atoms with E-state index in [9.17, 15) is 4.79 Å². The molecule has 19 heavy (non-hydrogen) atoms. The molecule has 1 aliphatic heterocycles. The number of aldehydes is 1. The van der Waals surface area contributed by atoms with E-state index in [4.69, 9.17) is 4.74 Å². The van der Waals surface area contributed by atoms with Crippen molar-refractivity contribution in [2.45, 2.75) is 33.2 Å². The summed E-state index contributed by atoms with van der Waals surface area (Å²) in [7, 11) is 1.70. The number of pyridine rings is 1. The lowest BCUT2D eigenvalue weighted by Crippen LogP contribution is -2.35. The number of piperidine rings is 1. The van der Waals surface area contributed by atoms with Gasteiger partial charge >= 0.3 is 0 Å². The Bertz CT molecular complexity index is 460. The number of ether oxygens (including phenoxy) is 1. The molecule has 1 aromatic rings. The van der Waals surface area contributed by atoms with Crippen molar-refractivity contribution in [3.8, 4) is 5.75 Å². The average Bonchev–Trinajstić information content (AvgIpc) is 2.43. The van der Waals surface area contributed by atoms with Crippen LogP contribution in [-0.4, -0.2) is 36.4 Å². The third-order valence-electron chi connectivity index (χ3n) is 3.86. The molecule has 1 saturated heterocycles. The van der Waals surface area contributed by atoms with Gasteiger partial charge in [-0.05, 0) is 33.2 Å². The van der Waals surface area contributed by atoms with Gasteiger partial charge in [0.25, 0.3) is 0 Å². The Morgan fingerprint density at radius 3 is 3.00 bits per heavy atom. The molecule has 1 fully saturated rings. The van der Waals surface area contributed by atoms with Crippen molar-refractivity contribution < 1.29 is 9.53 Å². The first-order valence-electron chi connectivity index (χ1n) is 6.82. The van der Waals surface area contributed by atoms with Crippen LogP contribution in [0.2, 0.25) is 0 Å². The molecule has 4 nitrogen and oxygen atoms in total. The lowest BCUT2D eigenvalue weighted by molar-refractivity contribution is -0.112. The van der Waals surface area contributed by atoms with Gasteiger partial charge in [-0.2, -0.15) is 0 Å². The van der Waals surface area contributed by atoms with E-state index >= 15 is 0 Å². The minimum Gasteiger partial charge on any atom is -0.496 e. The van der Waals surface area contributed by atoms with E-state index in [2.05, 4.69) is 16.8 Å². The molecule has 0 N–H and O–H groups in total. The van der Waals surface area contributed by atoms with Gasteiger partial charge in [0.2, 0.25) is 0 Å². The summed E-state index contributed by atoms with van der Waals surface area (Å²) in [4.78, 5) is 17.7. The number of nitrogens with zero attached hydrogens (tertiary/aromatic N) is 2. The minimum absolute atomic E-state index is 0.182. The Kier molecular flexibility index (Phi) is 4.53. The zero-order chi connectivity index (χ0) is 13.8. The largest absolute Gasteiger partial charge is 0.496 e. The predicted molar refractivity (Wildman–Crippen MR) is 74.3 cm³/mol. The van der Waals surface area contributed by atoms with Gasteiger partial charge < -0.3 is 9.53 Å². The van der Waals surface area contributed by atoms with Crippen LogP contribution in [0.3, 0.4) is 0 Å². The molecule has 0 aliphatic carbocycles. The molecule has 0 aromatic carbocycles. The van der Waals surface area contributed by atoms with Gasteiger partial charge in [0.15, 0.2) is 0 Å². The first-order valence-corrected chi connectivity index (χ1v) is 6.82. The fraction of sp³-hybridized carbons (Fsp3) is 0.600. The minimum atomic E-state index is 0.182. The molecule has 104 valence electrons. The summed E-state index contributed by atoms with van der Waals surface area (Å²) in [6.45, 7) is 6.75. The quantitative estimate of drug-likeness (QED) is 0.779. The van der Waals surface area contributed by atoms with Gasteiger partial charge in [-0.25, -0.2) is 0 Å². The Labute approximate surface area is 114 Å². The van der Waals surface area contributed by atoms with Crippen LogP contribution < -0.4 is 4.74 Å². The Balaban J connectivity index is 2.12. The summed E-state index contributed by atoms with van der Waals surface area (Å²) in [5.41, 5.74) is 3.22. The molecule has 0 saturated carbocycles. The number of likely N-dealkylation sites (tertiary alicyclic amines) is 1. The number of aryl methyl sites for hydroxylation is 1. The summed E-state index contributed by atoms with van der Waals surface area (Å²) < 4.78 is 5.43. The Hall–Kier alpha value is -1.42. The zero-order valence-corrected chi connectivity index (χ0v) is 12.0. The van der Waals surface area contributed by atoms with Crippen LogP contribution >= 0.6 is 0 Å². The molecular weight excluding hydrogens is 240 g/mol. The molecule has 2 heterocycles. The van der Waals surface area contributed by atoms with Crippen LogP contribution in [0.25, 0.3) is 0 Å². The van der Waals surface area contributed by atoms with Crippen LogP contribution in [0.5, 0.6) is 5.75 Å². The lowest BCUT2D eigenvalue weighted by Gasteiger charge is -2.30. The van der Waals surface area contributed by atoms with E-state index in [-0.39, 0.29) is 5.92 Å². The fourth-order valence-corrected chi connectivity index (χ4v) is 2.79. The van der Waals surface area contributed by atoms with E-state index in [1.54, 1.807) is 7.11 Å². The summed E-state index contributed by atoms with van der Waals surface area (Å²) in [6, 6.07) is 0. The predicted octanol–water partition coefficient (Wildman–Crippen LogP) is 2.12. The van der Waals surface area contributed by atoms with E-state index in [1.807, 2.05) is 13.1 Å². The van der Waals surface area contributed by atoms with Crippen molar-refractivity contribution in [2.24, 2.45) is 5.92 Å². The van der Waals surface area contributed by atoms with Gasteiger partial charge in [-0.1, -0.05) is 0 Å². The van der Waals surface area contributed by atoms with Gasteiger partial charge in [0.1, 0.15) is 12.0 Å². The van der Waals surface area contributed by atoms with Crippen molar-refractivity contribution >= 4 is 6.29 Å². The number of carbonyl (C=O) groups excluding carboxylic acids is 1. The highest BCUT2D eigenvalue weighted by Crippen LogP contribution is 2.25. The second kappa shape index (κ2) is 6.15. The Morgan fingerprint density at radius 2 is 2.32 bits per heavy atom. The van der Waals surface area contributed by atoms with Crippen LogP contribution in [0.4, 0.5) is 0 Å². The van der Waals surface area contributed by atoms with Crippen molar-refractivity contribution in [3.63, 3.8) is 0 Å². The SMILES string of the molecule is COc1c(C)cnc(CN2CCCC(C=O)C2)c1C. The van der Waals surface area contributed by atoms with Crippen LogP contribution in [0, 0.1) is 19.8 Å². The first kappa shape index (κ1) is 14.0. The van der Waals surface area contributed by atoms with E-state index in [0.29, 0.717) is 0 Å². The molecule has 0 amide bonds. The monoisotopic (exact) mass is 262 g/mol. The number of rotatable bonds is 4. The van der Waals surface area contributed by atoms with Crippen molar-refractivity contribution in [1.82, 2.24) is 9.88 Å². The maximum atomic E-state index is 10.9. The summed E-state index contributed by atoms with van der Waals surface area (Å²) in [5, 5.41) is 0. The molecule has 4 heteroatoms. The number of carbonyl (C=O) groups is 1. The second-order valence-corrected chi connectivity index (χ2v) is 5.32. The average molecular weight is 262 g/mol. The maximum absolute atomic E-state index is 10.9. The third-order valence-corrected chi connectivity index (χ3v) is 3.86. The highest BCUT2D eigenvalue weighted by atomic mass is 16.5. The van der Waals surface area contributed by atoms with E-state index in [1.165, 1.54) is 0 Å². The highest BCUT2D eigenvalue weighted by Gasteiger charge is 2.21. The van der Waals surface area contributed by atoms with Gasteiger partial charge in [-0.3, -0.25) is 9.88 Å². The molecule has 0 bridgehead atoms. The molecular formula is C15H22N2O2. The number of hydrogen-bond donors (Lipinski definition) is 0. The molecule has 1 aliphatic rings. The molecule has 1 aromatic heterocycles. The standard InChI is InChI=1S/C15H22N2O2/c1-11-7-16-14(12(2)15(11)19-3)9-17-6-4-5-13(8-17)10-18/h7,10,13H,4-6,8-9H2,1-3H3. The zero-order valence-electron chi connectivity index (χ0n) is 12.0. The van der Waals surface area contributed by atoms with Crippen molar-refractivity contribution in [3.05, 3.63) is 23.0 Å². The van der Waals surface area contributed by atoms with Crippen LogP contribution in [0.15, 0.2) is 6.20 Å². The summed E-state index contributed by atoms with van der Waals surface area (Å²) in [6.07, 6.45) is 5.06. The number of aromatic nitrogens is 1. The summed E-state index contributed by atoms with van der Waals surface area (Å²) >= 11 is 0. The van der Waals surface area contributed by atoms with Gasteiger partial charge in [-0.15, -0.1) is 0 Å². The highest BCUT2D eigenvalue weighted by molar-refractivity contribution is 5.54. The summed E-state index contributed by atoms with van der Waals surface area (Å²) in [5.74, 6) is 1.11. The second-order valence-electron chi connectivity index (χ2n) is 5.32. The topological polar surface area (TPSA) is 42.4 Å². The molecule has 0 spiro atoms. The fourth-order valence-electron chi connectivity index (χ4n) is 2.79. The third kappa shape index (κ3) is 3.13. The van der Waals surface area contributed by atoms with Gasteiger partial charge in [0, 0.05) is 36.3 Å². The van der Waals surface area contributed by atoms with E-state index in [0.717, 1.165) is 61.3 Å². The number of hydrogen-bond acceptors (Lipinski definition) is 4. The van der Waals surface area contributed by atoms with Crippen molar-refractivity contribution in [1.29, 1.82) is 0 Å². The number of methoxy groups -OCH3 is 1. The van der Waals surface area contributed by atoms with Gasteiger partial charge in [0.05, 0.1) is 12.8 Å². The lowest BCUT2D eigenvalue weighted by atomic mass is 9.99. The first-order chi connectivity index (χ1) is 9.15. The van der Waals surface area contributed by atoms with Crippen molar-refractivity contribution in [2.75, 3.05) is 20.2 Å². The molecule has 1 unspecified atom stereocenters. The normalized spacial score (nSPS) is 20.3. The molecule has 0 radical (unpaired) electrons. The van der Waals surface area contributed by atoms with Crippen LogP contribution in [0.1, 0.15) is 29.7 Å². The van der Waals surface area contributed by atoms with E-state index < -0.39 is 0 Å².